The number of aliphatic hydroxyl groups is 1. The van der Waals surface area contributed by atoms with E-state index in [2.05, 4.69) is 36.3 Å². The van der Waals surface area contributed by atoms with E-state index in [4.69, 9.17) is 4.42 Å². The first kappa shape index (κ1) is 43.1. The number of nitrogens with zero attached hydrogens (tertiary/aromatic N) is 6. The van der Waals surface area contributed by atoms with Crippen LogP contribution in [0.25, 0.3) is 28.2 Å². The molecule has 2 fully saturated rings. The Morgan fingerprint density at radius 2 is 1.79 bits per heavy atom. The van der Waals surface area contributed by atoms with Crippen LogP contribution in [0.4, 0.5) is 20.3 Å². The second-order valence-corrected chi connectivity index (χ2v) is 16.7. The Labute approximate surface area is 361 Å². The molecule has 1 saturated carbocycles. The van der Waals surface area contributed by atoms with Crippen LogP contribution < -0.4 is 27.0 Å². The number of pyridine rings is 1. The fourth-order valence-electron chi connectivity index (χ4n) is 7.89. The summed E-state index contributed by atoms with van der Waals surface area (Å²) in [6.45, 7) is 3.89. The number of hydrogen-bond acceptors (Lipinski definition) is 11. The second-order valence-electron chi connectivity index (χ2n) is 16.7. The van der Waals surface area contributed by atoms with Crippen molar-refractivity contribution in [3.63, 3.8) is 0 Å². The highest BCUT2D eigenvalue weighted by atomic mass is 19.3. The summed E-state index contributed by atoms with van der Waals surface area (Å²) in [5.41, 5.74) is 2.48. The highest BCUT2D eigenvalue weighted by Crippen LogP contribution is 2.31. The molecule has 1 aliphatic carbocycles. The minimum atomic E-state index is -2.95. The van der Waals surface area contributed by atoms with Crippen molar-refractivity contribution in [2.45, 2.75) is 89.3 Å². The maximum atomic E-state index is 14.1. The lowest BCUT2D eigenvalue weighted by Crippen LogP contribution is -2.44. The number of alkyl halides is 2. The van der Waals surface area contributed by atoms with Crippen molar-refractivity contribution < 1.29 is 32.7 Å². The van der Waals surface area contributed by atoms with E-state index in [0.717, 1.165) is 30.5 Å². The molecule has 8 rings (SSSR count). The van der Waals surface area contributed by atoms with E-state index in [1.165, 1.54) is 39.1 Å². The molecule has 330 valence electrons. The molecule has 18 heteroatoms. The molecule has 2 aromatic carbocycles. The molecule has 5 N–H and O–H groups in total. The van der Waals surface area contributed by atoms with Gasteiger partial charge in [0.2, 0.25) is 17.7 Å². The predicted molar refractivity (Wildman–Crippen MR) is 231 cm³/mol. The van der Waals surface area contributed by atoms with Gasteiger partial charge in [0, 0.05) is 38.3 Å². The van der Waals surface area contributed by atoms with E-state index in [1.54, 1.807) is 37.5 Å². The van der Waals surface area contributed by atoms with Crippen LogP contribution in [-0.2, 0) is 29.6 Å². The third-order valence-corrected chi connectivity index (χ3v) is 11.7. The quantitative estimate of drug-likeness (QED) is 0.0458. The Balaban J connectivity index is 0.785. The summed E-state index contributed by atoms with van der Waals surface area (Å²) >= 11 is 0. The first-order valence-corrected chi connectivity index (χ1v) is 21.2. The molecular formula is C45H50F2N10O6. The lowest BCUT2D eigenvalue weighted by molar-refractivity contribution is -0.135. The van der Waals surface area contributed by atoms with Gasteiger partial charge in [-0.3, -0.25) is 28.8 Å². The van der Waals surface area contributed by atoms with Gasteiger partial charge in [0.05, 0.1) is 34.2 Å². The highest BCUT2D eigenvalue weighted by molar-refractivity contribution is 6.03. The molecule has 0 spiro atoms. The zero-order valence-electron chi connectivity index (χ0n) is 35.1. The van der Waals surface area contributed by atoms with Crippen LogP contribution in [-0.4, -0.2) is 70.4 Å². The van der Waals surface area contributed by atoms with Gasteiger partial charge in [0.15, 0.2) is 11.4 Å². The molecule has 16 nitrogen and oxygen atoms in total. The molecule has 5 heterocycles. The van der Waals surface area contributed by atoms with E-state index in [1.807, 2.05) is 37.3 Å². The number of aromatic nitrogens is 6. The van der Waals surface area contributed by atoms with Crippen molar-refractivity contribution in [3.05, 3.63) is 106 Å². The monoisotopic (exact) mass is 864 g/mol. The fraction of sp³-hybridized carbons (Fsp3) is 0.400. The Bertz CT molecular complexity index is 2680. The van der Waals surface area contributed by atoms with Crippen LogP contribution >= 0.6 is 0 Å². The summed E-state index contributed by atoms with van der Waals surface area (Å²) in [5, 5.41) is 26.7. The number of fused-ring (bicyclic) bond motifs is 1. The molecule has 3 amide bonds. The number of halogens is 2. The molecule has 1 saturated heterocycles. The number of imide groups is 1. The molecule has 2 atom stereocenters. The Kier molecular flexibility index (Phi) is 12.6. The number of carbonyl (C=O) groups is 3. The van der Waals surface area contributed by atoms with E-state index in [0.29, 0.717) is 66.4 Å². The maximum absolute atomic E-state index is 14.1. The van der Waals surface area contributed by atoms with E-state index < -0.39 is 35.6 Å². The lowest BCUT2D eigenvalue weighted by atomic mass is 9.92. The molecule has 0 bridgehead atoms. The molecule has 2 aliphatic rings. The predicted octanol–water partition coefficient (Wildman–Crippen LogP) is 6.21. The Hall–Kier alpha value is -6.53. The van der Waals surface area contributed by atoms with Gasteiger partial charge in [0.1, 0.15) is 18.1 Å². The van der Waals surface area contributed by atoms with Crippen LogP contribution in [0.1, 0.15) is 98.1 Å². The van der Waals surface area contributed by atoms with Gasteiger partial charge in [-0.25, -0.2) is 28.2 Å². The molecular weight excluding hydrogens is 815 g/mol. The number of amides is 3. The van der Waals surface area contributed by atoms with Crippen LogP contribution in [0.15, 0.2) is 82.5 Å². The van der Waals surface area contributed by atoms with Gasteiger partial charge in [-0.1, -0.05) is 18.2 Å². The van der Waals surface area contributed by atoms with Crippen molar-refractivity contribution in [3.8, 4) is 17.1 Å². The zero-order valence-corrected chi connectivity index (χ0v) is 35.1. The fourth-order valence-corrected chi connectivity index (χ4v) is 7.89. The number of hydrogen-bond donors (Lipinski definition) is 5. The van der Waals surface area contributed by atoms with E-state index in [-0.39, 0.29) is 41.7 Å². The number of oxazole rings is 1. The average Bonchev–Trinajstić information content (AvgIpc) is 3.68. The molecule has 1 aliphatic heterocycles. The number of carbonyl (C=O) groups excluding carboxylic acids is 3. The summed E-state index contributed by atoms with van der Waals surface area (Å²) in [7, 11) is 1.67. The van der Waals surface area contributed by atoms with Gasteiger partial charge in [0.25, 0.3) is 12.3 Å². The summed E-state index contributed by atoms with van der Waals surface area (Å²) in [6.07, 6.45) is 7.39. The largest absolute Gasteiger partial charge is 0.444 e. The highest BCUT2D eigenvalue weighted by Gasteiger charge is 2.31. The first-order valence-electron chi connectivity index (χ1n) is 21.2. The number of rotatable bonds is 19. The van der Waals surface area contributed by atoms with Crippen LogP contribution in [0.5, 0.6) is 0 Å². The second kappa shape index (κ2) is 18.4. The summed E-state index contributed by atoms with van der Waals surface area (Å²) < 4.78 is 38.0. The smallest absolute Gasteiger partial charge is 0.329 e. The van der Waals surface area contributed by atoms with Crippen molar-refractivity contribution >= 4 is 40.3 Å². The third kappa shape index (κ3) is 10.2. The zero-order chi connectivity index (χ0) is 44.3. The Morgan fingerprint density at radius 3 is 2.56 bits per heavy atom. The van der Waals surface area contributed by atoms with Gasteiger partial charge in [-0.2, -0.15) is 5.10 Å². The standard InChI is InChI=1S/C45H50F2N10O6/c1-45(62,17-3-5-27-10-13-34-36(21-27)55(2)44(61)57(34)35-14-15-38(58)53-42(35)60)18-4-19-48-23-28-8-11-31(12-9-28)56-25-32(39(54-56)40(46)47)51-41(59)33-26-63-43(52-33)30-16-20-49-37(22-30)50-24-29-6-7-29/h8-13,16,20-22,25-26,29,35,40,48,62H,3-7,14-15,17-19,23-24H2,1-2H3,(H,49,50)(H,51,59)(H,53,58,60). The van der Waals surface area contributed by atoms with Crippen LogP contribution in [0, 0.1) is 5.92 Å². The SMILES string of the molecule is Cn1c(=O)n(C2CCC(=O)NC2=O)c2ccc(CCCC(C)(O)CCCNCc3ccc(-n4cc(NC(=O)c5coc(-c6ccnc(NCC7CC7)c6)n5)c(C(F)F)n4)cc3)cc21. The molecule has 63 heavy (non-hydrogen) atoms. The summed E-state index contributed by atoms with van der Waals surface area (Å²) in [5.74, 6) is -0.00208. The summed E-state index contributed by atoms with van der Waals surface area (Å²) in [4.78, 5) is 58.9. The third-order valence-electron chi connectivity index (χ3n) is 11.7. The van der Waals surface area contributed by atoms with Gasteiger partial charge < -0.3 is 25.5 Å². The normalized spacial score (nSPS) is 16.4. The van der Waals surface area contributed by atoms with Gasteiger partial charge in [-0.05, 0) is 118 Å². The average molecular weight is 865 g/mol. The Morgan fingerprint density at radius 1 is 1.02 bits per heavy atom. The lowest BCUT2D eigenvalue weighted by Gasteiger charge is -2.23. The maximum Gasteiger partial charge on any atom is 0.329 e. The van der Waals surface area contributed by atoms with Crippen LogP contribution in [0.2, 0.25) is 0 Å². The number of aryl methyl sites for hydroxylation is 2. The van der Waals surface area contributed by atoms with E-state index >= 15 is 0 Å². The van der Waals surface area contributed by atoms with Gasteiger partial charge in [-0.15, -0.1) is 0 Å². The van der Waals surface area contributed by atoms with Crippen LogP contribution in [0.3, 0.4) is 0 Å². The van der Waals surface area contributed by atoms with Crippen molar-refractivity contribution in [2.24, 2.45) is 13.0 Å². The number of imidazole rings is 1. The van der Waals surface area contributed by atoms with Gasteiger partial charge >= 0.3 is 5.69 Å². The topological polar surface area (TPSA) is 203 Å². The number of anilines is 2. The molecule has 2 unspecified atom stereocenters. The molecule has 0 radical (unpaired) electrons. The number of benzene rings is 2. The van der Waals surface area contributed by atoms with Crippen molar-refractivity contribution in [2.75, 3.05) is 23.7 Å². The number of piperidine rings is 1. The molecule has 6 aromatic rings. The molecule has 4 aromatic heterocycles. The van der Waals surface area contributed by atoms with E-state index in [9.17, 15) is 33.1 Å². The first-order chi connectivity index (χ1) is 30.3. The van der Waals surface area contributed by atoms with Crippen molar-refractivity contribution in [1.29, 1.82) is 0 Å². The minimum absolute atomic E-state index is 0.0776. The minimum Gasteiger partial charge on any atom is -0.444 e. The summed E-state index contributed by atoms with van der Waals surface area (Å²) in [6, 6.07) is 15.7. The number of nitrogens with one attached hydrogen (secondary N) is 4. The van der Waals surface area contributed by atoms with Crippen molar-refractivity contribution in [1.82, 2.24) is 39.5 Å².